The van der Waals surface area contributed by atoms with Gasteiger partial charge in [-0.2, -0.15) is 5.10 Å². The average molecular weight is 526 g/mol. The molecule has 3 aromatic rings. The van der Waals surface area contributed by atoms with Gasteiger partial charge in [0.1, 0.15) is 0 Å². The Labute approximate surface area is 218 Å². The Hall–Kier alpha value is -4.05. The molecule has 2 aromatic carbocycles. The number of hydrazone groups is 1. The van der Waals surface area contributed by atoms with Gasteiger partial charge in [-0.25, -0.2) is 9.40 Å². The van der Waals surface area contributed by atoms with Crippen LogP contribution in [-0.4, -0.2) is 47.0 Å². The molecule has 1 N–H and O–H groups in total. The van der Waals surface area contributed by atoms with Crippen LogP contribution < -0.4 is 14.8 Å². The van der Waals surface area contributed by atoms with Gasteiger partial charge in [-0.15, -0.1) is 10.2 Å². The molecule has 2 amide bonds. The van der Waals surface area contributed by atoms with Crippen molar-refractivity contribution in [2.24, 2.45) is 11.0 Å². The first-order valence-electron chi connectivity index (χ1n) is 11.5. The number of halogens is 2. The lowest BCUT2D eigenvalue weighted by molar-refractivity contribution is -0.133. The van der Waals surface area contributed by atoms with Crippen LogP contribution in [0.25, 0.3) is 0 Å². The van der Waals surface area contributed by atoms with Crippen LogP contribution in [0.15, 0.2) is 53.6 Å². The monoisotopic (exact) mass is 525 g/mol. The number of anilines is 1. The third-order valence-electron chi connectivity index (χ3n) is 5.97. The maximum absolute atomic E-state index is 14.3. The quantitative estimate of drug-likeness (QED) is 0.457. The van der Waals surface area contributed by atoms with E-state index in [1.165, 1.54) is 37.4 Å². The molecule has 1 aliphatic heterocycles. The molecular formula is C26H25ClFN5O4. The Bertz CT molecular complexity index is 1330. The minimum Gasteiger partial charge on any atom is -0.492 e. The molecule has 0 bridgehead atoms. The first kappa shape index (κ1) is 26.0. The molecule has 1 atom stereocenters. The van der Waals surface area contributed by atoms with E-state index < -0.39 is 11.7 Å². The molecule has 0 fully saturated rings. The molecule has 0 saturated carbocycles. The molecule has 192 valence electrons. The molecule has 9 nitrogen and oxygen atoms in total. The van der Waals surface area contributed by atoms with Gasteiger partial charge in [0.25, 0.3) is 5.91 Å². The van der Waals surface area contributed by atoms with Crippen LogP contribution >= 0.6 is 11.6 Å². The molecule has 4 rings (SSSR count). The van der Waals surface area contributed by atoms with Crippen LogP contribution in [-0.2, 0) is 11.3 Å². The Morgan fingerprint density at radius 3 is 2.43 bits per heavy atom. The predicted molar refractivity (Wildman–Crippen MR) is 136 cm³/mol. The zero-order valence-electron chi connectivity index (χ0n) is 20.5. The van der Waals surface area contributed by atoms with Gasteiger partial charge in [0.2, 0.25) is 5.91 Å². The van der Waals surface area contributed by atoms with Gasteiger partial charge in [-0.1, -0.05) is 30.7 Å². The summed E-state index contributed by atoms with van der Waals surface area (Å²) >= 11 is 5.71. The molecule has 1 aliphatic rings. The second kappa shape index (κ2) is 11.3. The number of benzene rings is 2. The highest BCUT2D eigenvalue weighted by molar-refractivity contribution is 6.29. The van der Waals surface area contributed by atoms with E-state index in [-0.39, 0.29) is 47.1 Å². The molecule has 1 aromatic heterocycles. The van der Waals surface area contributed by atoms with E-state index >= 15 is 0 Å². The van der Waals surface area contributed by atoms with Crippen molar-refractivity contribution in [2.45, 2.75) is 26.3 Å². The van der Waals surface area contributed by atoms with E-state index in [4.69, 9.17) is 21.1 Å². The van der Waals surface area contributed by atoms with Gasteiger partial charge in [0.15, 0.2) is 28.2 Å². The summed E-state index contributed by atoms with van der Waals surface area (Å²) in [7, 11) is 2.81. The number of carbonyl (C=O) groups is 2. The van der Waals surface area contributed by atoms with Crippen LogP contribution in [0.5, 0.6) is 11.5 Å². The molecule has 0 aliphatic carbocycles. The van der Waals surface area contributed by atoms with E-state index in [2.05, 4.69) is 20.6 Å². The number of hydrogen-bond donors (Lipinski definition) is 1. The van der Waals surface area contributed by atoms with E-state index in [1.807, 2.05) is 6.92 Å². The summed E-state index contributed by atoms with van der Waals surface area (Å²) in [5, 5.41) is 16.4. The summed E-state index contributed by atoms with van der Waals surface area (Å²) in [6.45, 7) is 2.19. The smallest absolute Gasteiger partial charge is 0.276 e. The number of carbonyl (C=O) groups excluding carboxylic acids is 2. The Morgan fingerprint density at radius 2 is 1.81 bits per heavy atom. The van der Waals surface area contributed by atoms with Gasteiger partial charge in [0, 0.05) is 23.6 Å². The minimum absolute atomic E-state index is 0.0109. The standard InChI is InChI=1S/C26H25ClFN5O4/c1-4-16-13-22(34)33(32-23(16)18-9-10-19(28)25(37-3)24(18)36-2)14-15-5-7-17(8-6-15)29-26(35)20-11-12-21(27)31-30-20/h5-12,16H,4,13-14H2,1-3H3,(H,29,35). The largest absolute Gasteiger partial charge is 0.492 e. The normalized spacial score (nSPS) is 15.3. The van der Waals surface area contributed by atoms with Crippen molar-refractivity contribution in [2.75, 3.05) is 19.5 Å². The van der Waals surface area contributed by atoms with Crippen molar-refractivity contribution in [1.82, 2.24) is 15.2 Å². The summed E-state index contributed by atoms with van der Waals surface area (Å²) in [5.41, 5.74) is 2.69. The number of hydrogen-bond acceptors (Lipinski definition) is 7. The zero-order valence-corrected chi connectivity index (χ0v) is 21.3. The molecule has 0 radical (unpaired) electrons. The van der Waals surface area contributed by atoms with Crippen molar-refractivity contribution in [3.8, 4) is 11.5 Å². The van der Waals surface area contributed by atoms with E-state index in [1.54, 1.807) is 30.3 Å². The molecule has 0 saturated heterocycles. The number of methoxy groups -OCH3 is 2. The molecule has 37 heavy (non-hydrogen) atoms. The minimum atomic E-state index is -0.546. The van der Waals surface area contributed by atoms with Crippen molar-refractivity contribution in [1.29, 1.82) is 0 Å². The lowest BCUT2D eigenvalue weighted by Crippen LogP contribution is -2.37. The number of aromatic nitrogens is 2. The third kappa shape index (κ3) is 5.69. The van der Waals surface area contributed by atoms with Gasteiger partial charge in [-0.3, -0.25) is 9.59 Å². The Morgan fingerprint density at radius 1 is 1.08 bits per heavy atom. The first-order valence-corrected chi connectivity index (χ1v) is 11.9. The SMILES string of the molecule is CCC1CC(=O)N(Cc2ccc(NC(=O)c3ccc(Cl)nn3)cc2)N=C1c1ccc(F)c(OC)c1OC. The highest BCUT2D eigenvalue weighted by atomic mass is 35.5. The lowest BCUT2D eigenvalue weighted by Gasteiger charge is -2.30. The van der Waals surface area contributed by atoms with E-state index in [0.29, 0.717) is 23.4 Å². The summed E-state index contributed by atoms with van der Waals surface area (Å²) in [6, 6.07) is 12.9. The van der Waals surface area contributed by atoms with Gasteiger partial charge >= 0.3 is 0 Å². The molecule has 2 heterocycles. The van der Waals surface area contributed by atoms with Crippen LogP contribution in [0.1, 0.15) is 41.4 Å². The summed E-state index contributed by atoms with van der Waals surface area (Å²) < 4.78 is 24.9. The summed E-state index contributed by atoms with van der Waals surface area (Å²) in [4.78, 5) is 25.2. The van der Waals surface area contributed by atoms with Gasteiger partial charge < -0.3 is 14.8 Å². The van der Waals surface area contributed by atoms with Crippen LogP contribution in [0.3, 0.4) is 0 Å². The van der Waals surface area contributed by atoms with Crippen molar-refractivity contribution in [3.05, 3.63) is 76.3 Å². The van der Waals surface area contributed by atoms with Crippen molar-refractivity contribution < 1.29 is 23.5 Å². The van der Waals surface area contributed by atoms with Crippen LogP contribution in [0.2, 0.25) is 5.15 Å². The fraction of sp³-hybridized carbons (Fsp3) is 0.269. The topological polar surface area (TPSA) is 106 Å². The number of amides is 2. The number of nitrogens with one attached hydrogen (secondary N) is 1. The van der Waals surface area contributed by atoms with Crippen molar-refractivity contribution in [3.63, 3.8) is 0 Å². The number of rotatable bonds is 8. The van der Waals surface area contributed by atoms with Crippen molar-refractivity contribution >= 4 is 34.8 Å². The highest BCUT2D eigenvalue weighted by Crippen LogP contribution is 2.37. The summed E-state index contributed by atoms with van der Waals surface area (Å²) in [6.07, 6.45) is 0.933. The first-order chi connectivity index (χ1) is 17.8. The fourth-order valence-electron chi connectivity index (χ4n) is 4.05. The summed E-state index contributed by atoms with van der Waals surface area (Å²) in [5.74, 6) is -1.02. The Balaban J connectivity index is 1.55. The van der Waals surface area contributed by atoms with Crippen LogP contribution in [0.4, 0.5) is 10.1 Å². The zero-order chi connectivity index (χ0) is 26.5. The molecule has 11 heteroatoms. The molecular weight excluding hydrogens is 501 g/mol. The van der Waals surface area contributed by atoms with E-state index in [0.717, 1.165) is 5.56 Å². The second-order valence-corrected chi connectivity index (χ2v) is 8.69. The second-order valence-electron chi connectivity index (χ2n) is 8.30. The third-order valence-corrected chi connectivity index (χ3v) is 6.18. The van der Waals surface area contributed by atoms with Gasteiger partial charge in [0.05, 0.1) is 26.5 Å². The highest BCUT2D eigenvalue weighted by Gasteiger charge is 2.32. The van der Waals surface area contributed by atoms with Gasteiger partial charge in [-0.05, 0) is 48.4 Å². The maximum Gasteiger partial charge on any atom is 0.276 e. The predicted octanol–water partition coefficient (Wildman–Crippen LogP) is 4.70. The lowest BCUT2D eigenvalue weighted by atomic mass is 9.89. The average Bonchev–Trinajstić information content (AvgIpc) is 2.90. The molecule has 0 spiro atoms. The fourth-order valence-corrected chi connectivity index (χ4v) is 4.15. The van der Waals surface area contributed by atoms with E-state index in [9.17, 15) is 14.0 Å². The Kier molecular flexibility index (Phi) is 7.98. The van der Waals surface area contributed by atoms with Crippen LogP contribution in [0, 0.1) is 11.7 Å². The number of nitrogens with zero attached hydrogens (tertiary/aromatic N) is 4. The maximum atomic E-state index is 14.3. The molecule has 1 unspecified atom stereocenters. The number of ether oxygens (including phenoxy) is 2.